The molecule has 1 heterocycles. The second kappa shape index (κ2) is 14.4. The van der Waals surface area contributed by atoms with Crippen LogP contribution in [0.2, 0.25) is 10.0 Å². The van der Waals surface area contributed by atoms with Gasteiger partial charge in [0.25, 0.3) is 5.91 Å². The third kappa shape index (κ3) is 9.49. The van der Waals surface area contributed by atoms with Gasteiger partial charge in [-0.2, -0.15) is 0 Å². The average Bonchev–Trinajstić information content (AvgIpc) is 2.75. The van der Waals surface area contributed by atoms with Gasteiger partial charge in [-0.3, -0.25) is 4.79 Å². The molecule has 30 heavy (non-hydrogen) atoms. The Morgan fingerprint density at radius 1 is 0.833 bits per heavy atom. The van der Waals surface area contributed by atoms with Crippen LogP contribution in [0, 0.1) is 0 Å². The highest BCUT2D eigenvalue weighted by Gasteiger charge is 2.09. The Morgan fingerprint density at radius 2 is 1.43 bits per heavy atom. The molecule has 5 heteroatoms. The van der Waals surface area contributed by atoms with Crippen LogP contribution in [-0.2, 0) is 6.54 Å². The van der Waals surface area contributed by atoms with Crippen molar-refractivity contribution in [1.29, 1.82) is 0 Å². The molecule has 0 unspecified atom stereocenters. The molecule has 0 radical (unpaired) electrons. The SMILES string of the molecule is CCCCCCCCCCCCNC(=O)c1cc[n+](Cc2ccc(Cl)c(Cl)c2)cc1. The van der Waals surface area contributed by atoms with E-state index >= 15 is 0 Å². The number of amides is 1. The largest absolute Gasteiger partial charge is 0.352 e. The van der Waals surface area contributed by atoms with Gasteiger partial charge in [0.15, 0.2) is 18.9 Å². The highest BCUT2D eigenvalue weighted by molar-refractivity contribution is 6.42. The van der Waals surface area contributed by atoms with E-state index in [1.807, 2.05) is 41.2 Å². The Bertz CT molecular complexity index is 762. The van der Waals surface area contributed by atoms with Crippen LogP contribution in [0.25, 0.3) is 0 Å². The maximum atomic E-state index is 12.3. The van der Waals surface area contributed by atoms with Crippen molar-refractivity contribution < 1.29 is 9.36 Å². The molecule has 1 aromatic carbocycles. The summed E-state index contributed by atoms with van der Waals surface area (Å²) in [6.07, 6.45) is 16.8. The molecule has 2 aromatic rings. The smallest absolute Gasteiger partial charge is 0.251 e. The summed E-state index contributed by atoms with van der Waals surface area (Å²) in [6.45, 7) is 3.68. The van der Waals surface area contributed by atoms with Crippen LogP contribution in [0.5, 0.6) is 0 Å². The van der Waals surface area contributed by atoms with Crippen LogP contribution in [0.4, 0.5) is 0 Å². The van der Waals surface area contributed by atoms with Crippen LogP contribution in [0.1, 0.15) is 87.1 Å². The molecule has 0 fully saturated rings. The molecule has 0 saturated heterocycles. The number of aromatic nitrogens is 1. The van der Waals surface area contributed by atoms with Crippen molar-refractivity contribution >= 4 is 29.1 Å². The van der Waals surface area contributed by atoms with Gasteiger partial charge in [-0.15, -0.1) is 0 Å². The lowest BCUT2D eigenvalue weighted by Gasteiger charge is -2.06. The molecule has 1 N–H and O–H groups in total. The van der Waals surface area contributed by atoms with Crippen molar-refractivity contribution in [2.24, 2.45) is 0 Å². The van der Waals surface area contributed by atoms with Crippen molar-refractivity contribution in [3.63, 3.8) is 0 Å². The molecule has 0 bridgehead atoms. The van der Waals surface area contributed by atoms with Crippen molar-refractivity contribution in [1.82, 2.24) is 5.32 Å². The molecular weight excluding hydrogens is 415 g/mol. The lowest BCUT2D eigenvalue weighted by molar-refractivity contribution is -0.688. The maximum absolute atomic E-state index is 12.3. The third-order valence-corrected chi connectivity index (χ3v) is 6.06. The van der Waals surface area contributed by atoms with Gasteiger partial charge in [-0.05, 0) is 18.6 Å². The molecule has 0 aliphatic rings. The molecule has 3 nitrogen and oxygen atoms in total. The topological polar surface area (TPSA) is 33.0 Å². The van der Waals surface area contributed by atoms with E-state index in [1.54, 1.807) is 6.07 Å². The van der Waals surface area contributed by atoms with Gasteiger partial charge in [-0.1, -0.05) is 94.0 Å². The summed E-state index contributed by atoms with van der Waals surface area (Å²) in [6, 6.07) is 9.32. The zero-order chi connectivity index (χ0) is 21.6. The Morgan fingerprint density at radius 3 is 2.03 bits per heavy atom. The van der Waals surface area contributed by atoms with E-state index in [0.717, 1.165) is 18.5 Å². The number of nitrogens with one attached hydrogen (secondary N) is 1. The molecule has 1 amide bonds. The Hall–Kier alpha value is -1.58. The van der Waals surface area contributed by atoms with Crippen LogP contribution in [0.15, 0.2) is 42.7 Å². The number of rotatable bonds is 14. The number of nitrogens with zero attached hydrogens (tertiary/aromatic N) is 1. The van der Waals surface area contributed by atoms with Crippen LogP contribution in [0.3, 0.4) is 0 Å². The minimum atomic E-state index is -0.00684. The first-order valence-electron chi connectivity index (χ1n) is 11.3. The number of hydrogen-bond acceptors (Lipinski definition) is 1. The van der Waals surface area contributed by atoms with Gasteiger partial charge in [0.05, 0.1) is 15.6 Å². The van der Waals surface area contributed by atoms with E-state index < -0.39 is 0 Å². The number of benzene rings is 1. The summed E-state index contributed by atoms with van der Waals surface area (Å²) < 4.78 is 2.01. The fraction of sp³-hybridized carbons (Fsp3) is 0.520. The van der Waals surface area contributed by atoms with Crippen LogP contribution in [-0.4, -0.2) is 12.5 Å². The number of pyridine rings is 1. The number of halogens is 2. The van der Waals surface area contributed by atoms with Gasteiger partial charge in [0.2, 0.25) is 0 Å². The number of hydrogen-bond donors (Lipinski definition) is 1. The average molecular weight is 450 g/mol. The highest BCUT2D eigenvalue weighted by atomic mass is 35.5. The summed E-state index contributed by atoms with van der Waals surface area (Å²) in [7, 11) is 0. The van der Waals surface area contributed by atoms with Gasteiger partial charge in [0.1, 0.15) is 0 Å². The minimum Gasteiger partial charge on any atom is -0.352 e. The molecule has 1 aromatic heterocycles. The lowest BCUT2D eigenvalue weighted by Crippen LogP contribution is -2.34. The molecular formula is C25H35Cl2N2O+. The van der Waals surface area contributed by atoms with Crippen molar-refractivity contribution in [2.45, 2.75) is 77.7 Å². The third-order valence-electron chi connectivity index (χ3n) is 5.32. The minimum absolute atomic E-state index is 0.00684. The second-order valence-electron chi connectivity index (χ2n) is 7.95. The van der Waals surface area contributed by atoms with E-state index in [4.69, 9.17) is 23.2 Å². The normalized spacial score (nSPS) is 10.9. The fourth-order valence-corrected chi connectivity index (χ4v) is 3.80. The first-order valence-corrected chi connectivity index (χ1v) is 12.1. The molecule has 164 valence electrons. The predicted molar refractivity (Wildman–Crippen MR) is 126 cm³/mol. The molecule has 2 rings (SSSR count). The summed E-state index contributed by atoms with van der Waals surface area (Å²) in [5.41, 5.74) is 1.75. The van der Waals surface area contributed by atoms with Gasteiger partial charge in [-0.25, -0.2) is 4.57 Å². The Balaban J connectivity index is 1.60. The molecule has 0 aliphatic heterocycles. The quantitative estimate of drug-likeness (QED) is 0.244. The summed E-state index contributed by atoms with van der Waals surface area (Å²) in [4.78, 5) is 12.3. The van der Waals surface area contributed by atoms with Crippen molar-refractivity contribution in [2.75, 3.05) is 6.54 Å². The van der Waals surface area contributed by atoms with E-state index in [2.05, 4.69) is 12.2 Å². The molecule has 0 aliphatic carbocycles. The first-order chi connectivity index (χ1) is 14.6. The van der Waals surface area contributed by atoms with E-state index in [-0.39, 0.29) is 5.91 Å². The van der Waals surface area contributed by atoms with Crippen molar-refractivity contribution in [3.05, 3.63) is 63.9 Å². The predicted octanol–water partition coefficient (Wildman–Crippen LogP) is 6.98. The highest BCUT2D eigenvalue weighted by Crippen LogP contribution is 2.22. The number of carbonyl (C=O) groups excluding carboxylic acids is 1. The molecule has 0 spiro atoms. The van der Waals surface area contributed by atoms with E-state index in [1.165, 1.54) is 57.8 Å². The summed E-state index contributed by atoms with van der Waals surface area (Å²) in [5, 5.41) is 4.14. The molecule has 0 saturated carbocycles. The zero-order valence-electron chi connectivity index (χ0n) is 18.1. The monoisotopic (exact) mass is 449 g/mol. The van der Waals surface area contributed by atoms with Gasteiger partial charge >= 0.3 is 0 Å². The van der Waals surface area contributed by atoms with Crippen LogP contribution < -0.4 is 9.88 Å². The zero-order valence-corrected chi connectivity index (χ0v) is 19.6. The van der Waals surface area contributed by atoms with Crippen molar-refractivity contribution in [3.8, 4) is 0 Å². The number of unbranched alkanes of at least 4 members (excludes halogenated alkanes) is 9. The van der Waals surface area contributed by atoms with Gasteiger partial charge < -0.3 is 5.32 Å². The standard InChI is InChI=1S/C25H34Cl2N2O/c1-2-3-4-5-6-7-8-9-10-11-16-28-25(30)22-14-17-29(18-15-22)20-21-12-13-23(26)24(27)19-21/h12-15,17-19H,2-11,16,20H2,1H3/p+1. The molecule has 0 atom stereocenters. The lowest BCUT2D eigenvalue weighted by atomic mass is 10.1. The van der Waals surface area contributed by atoms with Crippen LogP contribution >= 0.6 is 23.2 Å². The summed E-state index contributed by atoms with van der Waals surface area (Å²) >= 11 is 12.0. The maximum Gasteiger partial charge on any atom is 0.251 e. The summed E-state index contributed by atoms with van der Waals surface area (Å²) in [5.74, 6) is -0.00684. The Kier molecular flexibility index (Phi) is 11.9. The van der Waals surface area contributed by atoms with E-state index in [9.17, 15) is 4.79 Å². The number of carbonyl (C=O) groups is 1. The van der Waals surface area contributed by atoms with Gasteiger partial charge in [0, 0.05) is 24.2 Å². The Labute approximate surface area is 191 Å². The van der Waals surface area contributed by atoms with E-state index in [0.29, 0.717) is 22.2 Å². The fourth-order valence-electron chi connectivity index (χ4n) is 3.48. The first kappa shape index (κ1) is 24.7. The second-order valence-corrected chi connectivity index (χ2v) is 8.76.